The average molecular weight is 383 g/mol. The van der Waals surface area contributed by atoms with Crippen LogP contribution in [0, 0.1) is 0 Å². The van der Waals surface area contributed by atoms with E-state index in [9.17, 15) is 14.4 Å². The SMILES string of the molecule is CC(C)c1ccc(C2(NC(=O)c3ccccc3)C(=O)c3ccccc3C2=O)cc1. The molecule has 1 N–H and O–H groups in total. The third-order valence-electron chi connectivity index (χ3n) is 5.44. The van der Waals surface area contributed by atoms with Crippen LogP contribution in [0.15, 0.2) is 78.9 Å². The van der Waals surface area contributed by atoms with Crippen molar-refractivity contribution < 1.29 is 14.4 Å². The molecule has 4 nitrogen and oxygen atoms in total. The van der Waals surface area contributed by atoms with Gasteiger partial charge in [-0.2, -0.15) is 0 Å². The number of rotatable bonds is 4. The van der Waals surface area contributed by atoms with Gasteiger partial charge in [0.2, 0.25) is 11.6 Å². The van der Waals surface area contributed by atoms with Crippen LogP contribution in [0.3, 0.4) is 0 Å². The summed E-state index contributed by atoms with van der Waals surface area (Å²) in [6.07, 6.45) is 0. The summed E-state index contributed by atoms with van der Waals surface area (Å²) in [6, 6.07) is 22.6. The first kappa shape index (κ1) is 18.8. The molecule has 0 unspecified atom stereocenters. The fraction of sp³-hybridized carbons (Fsp3) is 0.160. The topological polar surface area (TPSA) is 63.2 Å². The van der Waals surface area contributed by atoms with Gasteiger partial charge in [0.15, 0.2) is 5.54 Å². The minimum absolute atomic E-state index is 0.311. The van der Waals surface area contributed by atoms with Crippen LogP contribution in [0.4, 0.5) is 0 Å². The van der Waals surface area contributed by atoms with Gasteiger partial charge in [0.05, 0.1) is 0 Å². The van der Waals surface area contributed by atoms with Gasteiger partial charge in [-0.3, -0.25) is 14.4 Å². The van der Waals surface area contributed by atoms with Gasteiger partial charge in [-0.1, -0.05) is 80.6 Å². The van der Waals surface area contributed by atoms with E-state index in [1.165, 1.54) is 0 Å². The fourth-order valence-corrected chi connectivity index (χ4v) is 3.78. The molecule has 1 aliphatic rings. The van der Waals surface area contributed by atoms with Crippen molar-refractivity contribution in [3.8, 4) is 0 Å². The molecule has 1 aliphatic carbocycles. The number of amides is 1. The Morgan fingerprint density at radius 2 is 1.28 bits per heavy atom. The fourth-order valence-electron chi connectivity index (χ4n) is 3.78. The van der Waals surface area contributed by atoms with Gasteiger partial charge in [0.25, 0.3) is 5.91 Å². The summed E-state index contributed by atoms with van der Waals surface area (Å²) < 4.78 is 0. The molecule has 0 saturated heterocycles. The van der Waals surface area contributed by atoms with E-state index in [0.717, 1.165) is 5.56 Å². The number of fused-ring (bicyclic) bond motifs is 1. The van der Waals surface area contributed by atoms with Crippen molar-refractivity contribution >= 4 is 17.5 Å². The molecule has 0 saturated carbocycles. The zero-order chi connectivity index (χ0) is 20.6. The van der Waals surface area contributed by atoms with Gasteiger partial charge in [-0.15, -0.1) is 0 Å². The lowest BCUT2D eigenvalue weighted by Crippen LogP contribution is -2.54. The number of hydrogen-bond acceptors (Lipinski definition) is 3. The van der Waals surface area contributed by atoms with Crippen molar-refractivity contribution in [2.75, 3.05) is 0 Å². The molecular formula is C25H21NO3. The van der Waals surface area contributed by atoms with E-state index in [1.54, 1.807) is 66.7 Å². The number of hydrogen-bond donors (Lipinski definition) is 1. The van der Waals surface area contributed by atoms with Gasteiger partial charge >= 0.3 is 0 Å². The second kappa shape index (κ2) is 7.13. The van der Waals surface area contributed by atoms with Crippen LogP contribution < -0.4 is 5.32 Å². The van der Waals surface area contributed by atoms with Gasteiger partial charge in [0, 0.05) is 16.7 Å². The first-order valence-corrected chi connectivity index (χ1v) is 9.62. The summed E-state index contributed by atoms with van der Waals surface area (Å²) >= 11 is 0. The molecule has 0 aliphatic heterocycles. The number of Topliss-reactive ketones (excluding diaryl/α,β-unsaturated/α-hetero) is 2. The van der Waals surface area contributed by atoms with E-state index in [-0.39, 0.29) is 0 Å². The smallest absolute Gasteiger partial charge is 0.252 e. The maximum atomic E-state index is 13.5. The Morgan fingerprint density at radius 1 is 0.759 bits per heavy atom. The quantitative estimate of drug-likeness (QED) is 0.674. The average Bonchev–Trinajstić information content (AvgIpc) is 2.97. The van der Waals surface area contributed by atoms with E-state index in [0.29, 0.717) is 28.2 Å². The molecule has 0 radical (unpaired) electrons. The summed E-state index contributed by atoms with van der Waals surface area (Å²) in [6.45, 7) is 4.15. The molecule has 144 valence electrons. The summed E-state index contributed by atoms with van der Waals surface area (Å²) in [7, 11) is 0. The van der Waals surface area contributed by atoms with E-state index < -0.39 is 23.0 Å². The van der Waals surface area contributed by atoms with E-state index in [4.69, 9.17) is 0 Å². The lowest BCUT2D eigenvalue weighted by atomic mass is 9.83. The van der Waals surface area contributed by atoms with Crippen LogP contribution in [-0.2, 0) is 5.54 Å². The molecule has 3 aromatic carbocycles. The molecular weight excluding hydrogens is 362 g/mol. The summed E-state index contributed by atoms with van der Waals surface area (Å²) in [5.41, 5.74) is 0.859. The minimum Gasteiger partial charge on any atom is -0.329 e. The molecule has 0 bridgehead atoms. The molecule has 3 aromatic rings. The maximum Gasteiger partial charge on any atom is 0.252 e. The van der Waals surface area contributed by atoms with E-state index in [2.05, 4.69) is 19.2 Å². The molecule has 0 fully saturated rings. The molecule has 0 atom stereocenters. The highest BCUT2D eigenvalue weighted by Gasteiger charge is 2.55. The highest BCUT2D eigenvalue weighted by Crippen LogP contribution is 2.38. The monoisotopic (exact) mass is 383 g/mol. The normalized spacial score (nSPS) is 14.7. The van der Waals surface area contributed by atoms with E-state index in [1.807, 2.05) is 12.1 Å². The molecule has 0 spiro atoms. The van der Waals surface area contributed by atoms with Crippen LogP contribution in [0.5, 0.6) is 0 Å². The minimum atomic E-state index is -1.76. The van der Waals surface area contributed by atoms with Crippen LogP contribution in [0.1, 0.15) is 62.0 Å². The van der Waals surface area contributed by atoms with Gasteiger partial charge in [-0.25, -0.2) is 0 Å². The Hall–Kier alpha value is -3.53. The van der Waals surface area contributed by atoms with Gasteiger partial charge in [-0.05, 0) is 29.2 Å². The third-order valence-corrected chi connectivity index (χ3v) is 5.44. The molecule has 0 aromatic heterocycles. The zero-order valence-corrected chi connectivity index (χ0v) is 16.3. The molecule has 29 heavy (non-hydrogen) atoms. The van der Waals surface area contributed by atoms with Crippen molar-refractivity contribution in [2.24, 2.45) is 0 Å². The highest BCUT2D eigenvalue weighted by molar-refractivity contribution is 6.34. The second-order valence-corrected chi connectivity index (χ2v) is 7.55. The van der Waals surface area contributed by atoms with E-state index >= 15 is 0 Å². The number of nitrogens with one attached hydrogen (secondary N) is 1. The predicted octanol–water partition coefficient (Wildman–Crippen LogP) is 4.51. The molecule has 1 amide bonds. The Bertz CT molecular complexity index is 1060. The number of ketones is 2. The van der Waals surface area contributed by atoms with Gasteiger partial charge in [0.1, 0.15) is 0 Å². The van der Waals surface area contributed by atoms with Crippen LogP contribution in [0.25, 0.3) is 0 Å². The highest BCUT2D eigenvalue weighted by atomic mass is 16.2. The van der Waals surface area contributed by atoms with Crippen LogP contribution >= 0.6 is 0 Å². The lowest BCUT2D eigenvalue weighted by molar-refractivity contribution is 0.0695. The van der Waals surface area contributed by atoms with Crippen LogP contribution in [-0.4, -0.2) is 17.5 Å². The Balaban J connectivity index is 1.85. The lowest BCUT2D eigenvalue weighted by Gasteiger charge is -2.28. The largest absolute Gasteiger partial charge is 0.329 e. The second-order valence-electron chi connectivity index (χ2n) is 7.55. The third kappa shape index (κ3) is 2.97. The van der Waals surface area contributed by atoms with Crippen molar-refractivity contribution in [2.45, 2.75) is 25.3 Å². The Kier molecular flexibility index (Phi) is 4.63. The standard InChI is InChI=1S/C25H21NO3/c1-16(2)17-12-14-19(15-13-17)25(26-24(29)18-8-4-3-5-9-18)22(27)20-10-6-7-11-21(20)23(25)28/h3-16H,1-2H3,(H,26,29). The first-order chi connectivity index (χ1) is 13.9. The zero-order valence-electron chi connectivity index (χ0n) is 16.3. The maximum absolute atomic E-state index is 13.5. The first-order valence-electron chi connectivity index (χ1n) is 9.62. The predicted molar refractivity (Wildman–Crippen MR) is 111 cm³/mol. The molecule has 0 heterocycles. The van der Waals surface area contributed by atoms with Crippen LogP contribution in [0.2, 0.25) is 0 Å². The Morgan fingerprint density at radius 3 is 1.79 bits per heavy atom. The van der Waals surface area contributed by atoms with Crippen molar-refractivity contribution in [3.63, 3.8) is 0 Å². The summed E-state index contributed by atoms with van der Waals surface area (Å²) in [5.74, 6) is -0.960. The summed E-state index contributed by atoms with van der Waals surface area (Å²) in [5, 5.41) is 2.78. The van der Waals surface area contributed by atoms with Crippen molar-refractivity contribution in [3.05, 3.63) is 107 Å². The summed E-state index contributed by atoms with van der Waals surface area (Å²) in [4.78, 5) is 39.9. The van der Waals surface area contributed by atoms with Gasteiger partial charge < -0.3 is 5.32 Å². The molecule has 4 rings (SSSR count). The number of carbonyl (C=O) groups is 3. The Labute approximate surface area is 169 Å². The van der Waals surface area contributed by atoms with Crippen molar-refractivity contribution in [1.29, 1.82) is 0 Å². The number of benzene rings is 3. The number of carbonyl (C=O) groups excluding carboxylic acids is 3. The molecule has 4 heteroatoms. The van der Waals surface area contributed by atoms with Crippen molar-refractivity contribution in [1.82, 2.24) is 5.32 Å².